The van der Waals surface area contributed by atoms with Crippen molar-refractivity contribution in [2.75, 3.05) is 32.7 Å². The summed E-state index contributed by atoms with van der Waals surface area (Å²) in [5.74, 6) is 0.789. The van der Waals surface area contributed by atoms with Gasteiger partial charge in [0.2, 0.25) is 0 Å². The Hall–Kier alpha value is -0.120. The Morgan fingerprint density at radius 2 is 1.87 bits per heavy atom. The van der Waals surface area contributed by atoms with Crippen LogP contribution < -0.4 is 11.1 Å². The molecule has 0 aromatic heterocycles. The fourth-order valence-electron chi connectivity index (χ4n) is 2.96. The lowest BCUT2D eigenvalue weighted by Gasteiger charge is -2.33. The van der Waals surface area contributed by atoms with Crippen LogP contribution in [0, 0.1) is 5.92 Å². The summed E-state index contributed by atoms with van der Waals surface area (Å²) in [4.78, 5) is 2.72. The second kappa shape index (κ2) is 5.83. The first-order valence-electron chi connectivity index (χ1n) is 6.55. The van der Waals surface area contributed by atoms with Gasteiger partial charge in [0, 0.05) is 6.04 Å². The molecule has 0 saturated carbocycles. The molecule has 0 aromatic carbocycles. The van der Waals surface area contributed by atoms with Crippen LogP contribution in [-0.2, 0) is 0 Å². The van der Waals surface area contributed by atoms with Gasteiger partial charge in [-0.2, -0.15) is 0 Å². The summed E-state index contributed by atoms with van der Waals surface area (Å²) in [7, 11) is 0. The average Bonchev–Trinajstić information content (AvgIpc) is 2.55. The molecule has 0 aromatic rings. The number of piperidine rings is 1. The molecule has 0 bridgehead atoms. The smallest absolute Gasteiger partial charge is 0.0119 e. The first-order valence-corrected chi connectivity index (χ1v) is 6.55. The maximum absolute atomic E-state index is 5.77. The molecule has 0 amide bonds. The van der Waals surface area contributed by atoms with Gasteiger partial charge in [0.15, 0.2) is 0 Å². The van der Waals surface area contributed by atoms with E-state index >= 15 is 0 Å². The molecule has 88 valence electrons. The van der Waals surface area contributed by atoms with Gasteiger partial charge >= 0.3 is 0 Å². The van der Waals surface area contributed by atoms with E-state index < -0.39 is 0 Å². The molecule has 3 heteroatoms. The van der Waals surface area contributed by atoms with Crippen molar-refractivity contribution >= 4 is 0 Å². The zero-order chi connectivity index (χ0) is 10.5. The van der Waals surface area contributed by atoms with Crippen molar-refractivity contribution in [2.24, 2.45) is 11.7 Å². The van der Waals surface area contributed by atoms with E-state index in [1.54, 1.807) is 0 Å². The van der Waals surface area contributed by atoms with Crippen LogP contribution in [0.3, 0.4) is 0 Å². The minimum Gasteiger partial charge on any atom is -0.330 e. The third-order valence-corrected chi connectivity index (χ3v) is 4.04. The van der Waals surface area contributed by atoms with E-state index in [4.69, 9.17) is 5.73 Å². The van der Waals surface area contributed by atoms with Crippen molar-refractivity contribution in [1.29, 1.82) is 0 Å². The summed E-state index contributed by atoms with van der Waals surface area (Å²) in [6.07, 6.45) is 6.70. The van der Waals surface area contributed by atoms with Crippen molar-refractivity contribution in [1.82, 2.24) is 10.2 Å². The van der Waals surface area contributed by atoms with Crippen molar-refractivity contribution < 1.29 is 0 Å². The third-order valence-electron chi connectivity index (χ3n) is 4.04. The van der Waals surface area contributed by atoms with E-state index in [0.717, 1.165) is 18.5 Å². The number of rotatable bonds is 2. The highest BCUT2D eigenvalue weighted by Crippen LogP contribution is 2.20. The average molecular weight is 211 g/mol. The maximum atomic E-state index is 5.77. The molecule has 3 nitrogen and oxygen atoms in total. The van der Waals surface area contributed by atoms with Crippen LogP contribution in [0.5, 0.6) is 0 Å². The van der Waals surface area contributed by atoms with Gasteiger partial charge in [0.05, 0.1) is 0 Å². The Morgan fingerprint density at radius 1 is 1.07 bits per heavy atom. The Morgan fingerprint density at radius 3 is 2.60 bits per heavy atom. The number of nitrogens with two attached hydrogens (primary N) is 1. The molecule has 2 fully saturated rings. The minimum absolute atomic E-state index is 0.789. The fourth-order valence-corrected chi connectivity index (χ4v) is 2.96. The Labute approximate surface area is 93.4 Å². The summed E-state index contributed by atoms with van der Waals surface area (Å²) in [6, 6.07) is 0.850. The zero-order valence-electron chi connectivity index (χ0n) is 9.75. The zero-order valence-corrected chi connectivity index (χ0v) is 9.75. The molecule has 2 aliphatic heterocycles. The van der Waals surface area contributed by atoms with Crippen molar-refractivity contribution in [3.05, 3.63) is 0 Å². The highest BCUT2D eigenvalue weighted by Gasteiger charge is 2.23. The third kappa shape index (κ3) is 3.16. The molecule has 0 radical (unpaired) electrons. The predicted octanol–water partition coefficient (Wildman–Crippen LogP) is 0.799. The first-order chi connectivity index (χ1) is 7.40. The number of nitrogens with one attached hydrogen (secondary N) is 1. The van der Waals surface area contributed by atoms with Gasteiger partial charge in [-0.15, -0.1) is 0 Å². The summed E-state index contributed by atoms with van der Waals surface area (Å²) >= 11 is 0. The number of hydrogen-bond acceptors (Lipinski definition) is 3. The summed E-state index contributed by atoms with van der Waals surface area (Å²) in [5, 5.41) is 3.44. The fraction of sp³-hybridized carbons (Fsp3) is 1.00. The Kier molecular flexibility index (Phi) is 4.42. The van der Waals surface area contributed by atoms with Crippen LogP contribution in [0.2, 0.25) is 0 Å². The van der Waals surface area contributed by atoms with Gasteiger partial charge in [-0.3, -0.25) is 0 Å². The van der Waals surface area contributed by atoms with Gasteiger partial charge in [-0.1, -0.05) is 0 Å². The molecule has 0 spiro atoms. The summed E-state index contributed by atoms with van der Waals surface area (Å²) in [5.41, 5.74) is 5.77. The Bertz CT molecular complexity index is 178. The topological polar surface area (TPSA) is 41.3 Å². The van der Waals surface area contributed by atoms with Gasteiger partial charge in [-0.25, -0.2) is 0 Å². The molecule has 2 rings (SSSR count). The highest BCUT2D eigenvalue weighted by atomic mass is 15.2. The second-order valence-corrected chi connectivity index (χ2v) is 5.05. The molecular weight excluding hydrogens is 186 g/mol. The summed E-state index contributed by atoms with van der Waals surface area (Å²) < 4.78 is 0. The normalized spacial score (nSPS) is 31.4. The molecule has 1 unspecified atom stereocenters. The molecular formula is C12H25N3. The second-order valence-electron chi connectivity index (χ2n) is 5.05. The van der Waals surface area contributed by atoms with E-state index in [1.807, 2.05) is 0 Å². The Balaban J connectivity index is 1.81. The standard InChI is InChI=1S/C12H25N3/c13-10-11-2-1-8-15(9-5-11)12-3-6-14-7-4-12/h11-12,14H,1-10,13H2. The summed E-state index contributed by atoms with van der Waals surface area (Å²) in [6.45, 7) is 5.90. The van der Waals surface area contributed by atoms with E-state index in [2.05, 4.69) is 10.2 Å². The van der Waals surface area contributed by atoms with Gasteiger partial charge < -0.3 is 16.0 Å². The van der Waals surface area contributed by atoms with E-state index in [0.29, 0.717) is 0 Å². The van der Waals surface area contributed by atoms with E-state index in [9.17, 15) is 0 Å². The highest BCUT2D eigenvalue weighted by molar-refractivity contribution is 4.80. The van der Waals surface area contributed by atoms with Crippen LogP contribution in [0.1, 0.15) is 32.1 Å². The molecule has 2 aliphatic rings. The van der Waals surface area contributed by atoms with E-state index in [1.165, 1.54) is 58.3 Å². The van der Waals surface area contributed by atoms with Gasteiger partial charge in [-0.05, 0) is 70.7 Å². The van der Waals surface area contributed by atoms with Crippen LogP contribution in [0.25, 0.3) is 0 Å². The monoisotopic (exact) mass is 211 g/mol. The van der Waals surface area contributed by atoms with Crippen LogP contribution >= 0.6 is 0 Å². The molecule has 0 aliphatic carbocycles. The van der Waals surface area contributed by atoms with Crippen LogP contribution in [0.15, 0.2) is 0 Å². The molecule has 2 heterocycles. The van der Waals surface area contributed by atoms with Crippen LogP contribution in [0.4, 0.5) is 0 Å². The molecule has 1 atom stereocenters. The molecule has 15 heavy (non-hydrogen) atoms. The molecule has 3 N–H and O–H groups in total. The lowest BCUT2D eigenvalue weighted by molar-refractivity contribution is 0.166. The lowest BCUT2D eigenvalue weighted by atomic mass is 10.0. The first kappa shape index (κ1) is 11.4. The quantitative estimate of drug-likeness (QED) is 0.710. The SMILES string of the molecule is NCC1CCCN(C2CCNCC2)CC1. The molecule has 2 saturated heterocycles. The van der Waals surface area contributed by atoms with Crippen molar-refractivity contribution in [3.8, 4) is 0 Å². The number of hydrogen-bond donors (Lipinski definition) is 2. The maximum Gasteiger partial charge on any atom is 0.0119 e. The predicted molar refractivity (Wildman–Crippen MR) is 63.9 cm³/mol. The van der Waals surface area contributed by atoms with Crippen LogP contribution in [-0.4, -0.2) is 43.7 Å². The minimum atomic E-state index is 0.789. The van der Waals surface area contributed by atoms with Crippen molar-refractivity contribution in [2.45, 2.75) is 38.1 Å². The number of likely N-dealkylation sites (tertiary alicyclic amines) is 1. The lowest BCUT2D eigenvalue weighted by Crippen LogP contribution is -2.43. The van der Waals surface area contributed by atoms with Crippen molar-refractivity contribution in [3.63, 3.8) is 0 Å². The van der Waals surface area contributed by atoms with Gasteiger partial charge in [0.25, 0.3) is 0 Å². The van der Waals surface area contributed by atoms with Gasteiger partial charge in [0.1, 0.15) is 0 Å². The number of nitrogens with zero attached hydrogens (tertiary/aromatic N) is 1. The van der Waals surface area contributed by atoms with E-state index in [-0.39, 0.29) is 0 Å². The largest absolute Gasteiger partial charge is 0.330 e.